The van der Waals surface area contributed by atoms with E-state index in [0.29, 0.717) is 5.69 Å². The third kappa shape index (κ3) is 7.27. The van der Waals surface area contributed by atoms with Crippen molar-refractivity contribution in [2.45, 2.75) is 33.1 Å². The molecular weight excluding hydrogens is 469 g/mol. The third-order valence-corrected chi connectivity index (χ3v) is 6.55. The molecule has 0 atom stereocenters. The first-order chi connectivity index (χ1) is 18.4. The maximum absolute atomic E-state index is 13.9. The Bertz CT molecular complexity index is 1450. The van der Waals surface area contributed by atoms with Crippen molar-refractivity contribution in [3.63, 3.8) is 0 Å². The molecule has 0 unspecified atom stereocenters. The van der Waals surface area contributed by atoms with Crippen molar-refractivity contribution in [3.8, 4) is 0 Å². The van der Waals surface area contributed by atoms with Crippen LogP contribution in [0.25, 0.3) is 23.9 Å². The van der Waals surface area contributed by atoms with E-state index in [2.05, 4.69) is 77.9 Å². The predicted octanol–water partition coefficient (Wildman–Crippen LogP) is 6.27. The van der Waals surface area contributed by atoms with E-state index in [9.17, 15) is 4.39 Å². The lowest BCUT2D eigenvalue weighted by Crippen LogP contribution is -2.24. The number of nitrogens with zero attached hydrogens (tertiary/aromatic N) is 1. The molecule has 3 nitrogen and oxygen atoms in total. The Labute approximate surface area is 226 Å². The summed E-state index contributed by atoms with van der Waals surface area (Å²) >= 11 is 0. The molecule has 0 fully saturated rings. The van der Waals surface area contributed by atoms with Crippen molar-refractivity contribution >= 4 is 23.9 Å². The smallest absolute Gasteiger partial charge is 0.144 e. The average Bonchev–Trinajstić information content (AvgIpc) is 2.93. The van der Waals surface area contributed by atoms with Gasteiger partial charge >= 0.3 is 0 Å². The molecule has 196 valence electrons. The highest BCUT2D eigenvalue weighted by atomic mass is 19.1. The zero-order valence-electron chi connectivity index (χ0n) is 22.8. The normalized spacial score (nSPS) is 15.1. The second kappa shape index (κ2) is 14.1. The Morgan fingerprint density at radius 2 is 2.00 bits per heavy atom. The van der Waals surface area contributed by atoms with Gasteiger partial charge in [0.05, 0.1) is 17.1 Å². The number of dihydropyridines is 1. The number of allylic oxidation sites excluding steroid dienone is 9. The first-order valence-electron chi connectivity index (χ1n) is 13.0. The molecule has 0 radical (unpaired) electrons. The van der Waals surface area contributed by atoms with E-state index in [1.807, 2.05) is 38.4 Å². The number of halogens is 1. The summed E-state index contributed by atoms with van der Waals surface area (Å²) in [5, 5.41) is 8.51. The number of aromatic nitrogens is 1. The second-order valence-corrected chi connectivity index (χ2v) is 9.15. The van der Waals surface area contributed by atoms with Crippen molar-refractivity contribution in [3.05, 3.63) is 136 Å². The molecule has 2 heterocycles. The minimum Gasteiger partial charge on any atom is -0.360 e. The zero-order valence-corrected chi connectivity index (χ0v) is 22.8. The number of pyridine rings is 1. The van der Waals surface area contributed by atoms with Crippen LogP contribution in [0.5, 0.6) is 0 Å². The fraction of sp³-hybridized carbons (Fsp3) is 0.206. The van der Waals surface area contributed by atoms with E-state index in [1.165, 1.54) is 11.6 Å². The van der Waals surface area contributed by atoms with Gasteiger partial charge in [-0.3, -0.25) is 0 Å². The van der Waals surface area contributed by atoms with Gasteiger partial charge in [-0.15, -0.1) is 0 Å². The minimum atomic E-state index is -0.306. The van der Waals surface area contributed by atoms with Crippen LogP contribution in [0.15, 0.2) is 103 Å². The van der Waals surface area contributed by atoms with E-state index in [0.717, 1.165) is 69.9 Å². The van der Waals surface area contributed by atoms with Crippen LogP contribution in [0.3, 0.4) is 0 Å². The summed E-state index contributed by atoms with van der Waals surface area (Å²) in [6.45, 7) is 16.9. The van der Waals surface area contributed by atoms with Crippen molar-refractivity contribution in [1.29, 1.82) is 0 Å². The Morgan fingerprint density at radius 1 is 1.18 bits per heavy atom. The SMILES string of the molecule is C=C/C=C(/C/C=C(C=C)/C(/C=c1/cc(C2=C(c3ccc(F)c(C)n3)NC=CC2)ccc1=C)=C/C)CCNC. The van der Waals surface area contributed by atoms with Crippen LogP contribution < -0.4 is 21.1 Å². The average molecular weight is 508 g/mol. The second-order valence-electron chi connectivity index (χ2n) is 9.15. The molecule has 2 N–H and O–H groups in total. The first-order valence-corrected chi connectivity index (χ1v) is 13.0. The van der Waals surface area contributed by atoms with Gasteiger partial charge < -0.3 is 10.6 Å². The van der Waals surface area contributed by atoms with E-state index >= 15 is 0 Å². The summed E-state index contributed by atoms with van der Waals surface area (Å²) in [4.78, 5) is 4.48. The van der Waals surface area contributed by atoms with Gasteiger partial charge in [0.25, 0.3) is 0 Å². The highest BCUT2D eigenvalue weighted by Crippen LogP contribution is 2.29. The van der Waals surface area contributed by atoms with Gasteiger partial charge in [-0.1, -0.05) is 73.9 Å². The Hall–Kier alpha value is -4.02. The maximum atomic E-state index is 13.9. The third-order valence-electron chi connectivity index (χ3n) is 6.55. The Balaban J connectivity index is 2.03. The zero-order chi connectivity index (χ0) is 27.5. The van der Waals surface area contributed by atoms with Gasteiger partial charge in [0, 0.05) is 0 Å². The number of hydrogen-bond donors (Lipinski definition) is 2. The van der Waals surface area contributed by atoms with Crippen LogP contribution in [-0.2, 0) is 0 Å². The molecule has 1 aromatic heterocycles. The molecule has 1 aliphatic rings. The molecule has 1 aromatic carbocycles. The largest absolute Gasteiger partial charge is 0.360 e. The summed E-state index contributed by atoms with van der Waals surface area (Å²) in [6, 6.07) is 9.48. The molecule has 4 heteroatoms. The molecule has 0 bridgehead atoms. The van der Waals surface area contributed by atoms with Crippen molar-refractivity contribution in [2.24, 2.45) is 0 Å². The lowest BCUT2D eigenvalue weighted by Gasteiger charge is -2.19. The van der Waals surface area contributed by atoms with Gasteiger partial charge in [-0.05, 0) is 110 Å². The number of hydrogen-bond acceptors (Lipinski definition) is 3. The minimum absolute atomic E-state index is 0.306. The molecule has 0 spiro atoms. The van der Waals surface area contributed by atoms with Crippen molar-refractivity contribution in [1.82, 2.24) is 15.6 Å². The number of aryl methyl sites for hydroxylation is 1. The van der Waals surface area contributed by atoms with E-state index in [4.69, 9.17) is 0 Å². The maximum Gasteiger partial charge on any atom is 0.144 e. The van der Waals surface area contributed by atoms with Crippen LogP contribution in [0, 0.1) is 12.7 Å². The van der Waals surface area contributed by atoms with Crippen LogP contribution >= 0.6 is 0 Å². The first kappa shape index (κ1) is 28.5. The summed E-state index contributed by atoms with van der Waals surface area (Å²) in [7, 11) is 1.96. The molecule has 1 aliphatic heterocycles. The van der Waals surface area contributed by atoms with Crippen molar-refractivity contribution in [2.75, 3.05) is 13.6 Å². The molecular formula is C34H38FN3. The monoisotopic (exact) mass is 507 g/mol. The highest BCUT2D eigenvalue weighted by molar-refractivity contribution is 5.91. The summed E-state index contributed by atoms with van der Waals surface area (Å²) in [6.07, 6.45) is 18.8. The number of rotatable bonds is 11. The number of nitrogens with one attached hydrogen (secondary N) is 2. The molecule has 38 heavy (non-hydrogen) atoms. The van der Waals surface area contributed by atoms with E-state index in [1.54, 1.807) is 13.0 Å². The summed E-state index contributed by atoms with van der Waals surface area (Å²) < 4.78 is 13.9. The van der Waals surface area contributed by atoms with Gasteiger partial charge in [0.2, 0.25) is 0 Å². The van der Waals surface area contributed by atoms with E-state index < -0.39 is 0 Å². The molecule has 0 saturated carbocycles. The standard InChI is InChI=1S/C34H38FN3/c1-7-11-26(19-21-36-6)14-16-27(8-2)28(9-3)22-30-23-29(15-13-24(30)4)31-12-10-20-37-34(31)33-18-17-32(35)25(5)38-33/h7-11,13,15-18,20,22-23,36-37H,1-2,4,12,14,19,21H2,3,5-6H3/b26-11-,27-16+,28-9+,30-22-. The topological polar surface area (TPSA) is 37.0 Å². The lowest BCUT2D eigenvalue weighted by atomic mass is 9.95. The quantitative estimate of drug-likeness (QED) is 0.352. The van der Waals surface area contributed by atoms with Gasteiger partial charge in [-0.25, -0.2) is 9.37 Å². The molecule has 2 aromatic rings. The van der Waals surface area contributed by atoms with E-state index in [-0.39, 0.29) is 5.82 Å². The van der Waals surface area contributed by atoms with Gasteiger partial charge in [0.1, 0.15) is 5.82 Å². The molecule has 3 rings (SSSR count). The van der Waals surface area contributed by atoms with Crippen LogP contribution in [0.2, 0.25) is 0 Å². The van der Waals surface area contributed by atoms with Crippen molar-refractivity contribution < 1.29 is 4.39 Å². The fourth-order valence-corrected chi connectivity index (χ4v) is 4.37. The van der Waals surface area contributed by atoms with Crippen LogP contribution in [0.4, 0.5) is 4.39 Å². The highest BCUT2D eigenvalue weighted by Gasteiger charge is 2.15. The van der Waals surface area contributed by atoms with Gasteiger partial charge in [-0.2, -0.15) is 0 Å². The fourth-order valence-electron chi connectivity index (χ4n) is 4.37. The molecule has 0 amide bonds. The Kier molecular flexibility index (Phi) is 10.6. The van der Waals surface area contributed by atoms with Gasteiger partial charge in [0.15, 0.2) is 0 Å². The molecule has 0 saturated heterocycles. The van der Waals surface area contributed by atoms with Crippen LogP contribution in [-0.4, -0.2) is 18.6 Å². The Morgan fingerprint density at radius 3 is 2.68 bits per heavy atom. The number of benzene rings is 1. The van der Waals surface area contributed by atoms with Crippen LogP contribution in [0.1, 0.15) is 43.1 Å². The predicted molar refractivity (Wildman–Crippen MR) is 162 cm³/mol. The summed E-state index contributed by atoms with van der Waals surface area (Å²) in [5.74, 6) is -0.306. The summed E-state index contributed by atoms with van der Waals surface area (Å²) in [5.41, 5.74) is 7.63. The molecule has 0 aliphatic carbocycles. The lowest BCUT2D eigenvalue weighted by molar-refractivity contribution is 0.609.